The fourth-order valence-corrected chi connectivity index (χ4v) is 2.46. The lowest BCUT2D eigenvalue weighted by Crippen LogP contribution is -2.56. The SMILES string of the molecule is C#CCNC(=O)C(C)N1CCCCC1C(C)N. The number of terminal acetylenes is 1. The van der Waals surface area contributed by atoms with E-state index in [0.29, 0.717) is 12.6 Å². The summed E-state index contributed by atoms with van der Waals surface area (Å²) >= 11 is 0. The standard InChI is InChI=1S/C13H23N3O/c1-4-8-15-13(17)11(3)16-9-6-5-7-12(16)10(2)14/h1,10-12H,5-9,14H2,2-3H3,(H,15,17). The van der Waals surface area contributed by atoms with Crippen LogP contribution in [0.4, 0.5) is 0 Å². The minimum absolute atomic E-state index is 0.00417. The quantitative estimate of drug-likeness (QED) is 0.693. The number of hydrogen-bond donors (Lipinski definition) is 2. The maximum atomic E-state index is 11.9. The Balaban J connectivity index is 2.61. The van der Waals surface area contributed by atoms with Crippen LogP contribution in [0.1, 0.15) is 33.1 Å². The van der Waals surface area contributed by atoms with Gasteiger partial charge in [0.25, 0.3) is 0 Å². The molecule has 96 valence electrons. The number of nitrogens with two attached hydrogens (primary N) is 1. The number of nitrogens with one attached hydrogen (secondary N) is 1. The van der Waals surface area contributed by atoms with Crippen molar-refractivity contribution in [3.63, 3.8) is 0 Å². The van der Waals surface area contributed by atoms with E-state index in [1.165, 1.54) is 6.42 Å². The number of hydrogen-bond acceptors (Lipinski definition) is 3. The Hall–Kier alpha value is -1.05. The molecule has 4 heteroatoms. The van der Waals surface area contributed by atoms with Gasteiger partial charge in [-0.15, -0.1) is 6.42 Å². The Morgan fingerprint density at radius 3 is 2.88 bits per heavy atom. The summed E-state index contributed by atoms with van der Waals surface area (Å²) in [4.78, 5) is 14.1. The molecule has 1 amide bonds. The van der Waals surface area contributed by atoms with Gasteiger partial charge in [-0.25, -0.2) is 0 Å². The number of nitrogens with zero attached hydrogens (tertiary/aromatic N) is 1. The fourth-order valence-electron chi connectivity index (χ4n) is 2.46. The molecule has 0 bridgehead atoms. The van der Waals surface area contributed by atoms with Gasteiger partial charge in [0.15, 0.2) is 0 Å². The Morgan fingerprint density at radius 1 is 1.59 bits per heavy atom. The molecule has 1 aliphatic rings. The summed E-state index contributed by atoms with van der Waals surface area (Å²) in [5, 5.41) is 2.73. The molecule has 0 aromatic carbocycles. The molecule has 0 radical (unpaired) electrons. The van der Waals surface area contributed by atoms with E-state index in [1.807, 2.05) is 13.8 Å². The van der Waals surface area contributed by atoms with Crippen molar-refractivity contribution in [3.05, 3.63) is 0 Å². The summed E-state index contributed by atoms with van der Waals surface area (Å²) < 4.78 is 0. The third-order valence-corrected chi connectivity index (χ3v) is 3.44. The molecular formula is C13H23N3O. The molecule has 0 aliphatic carbocycles. The second-order valence-electron chi connectivity index (χ2n) is 4.76. The Bertz CT molecular complexity index is 296. The van der Waals surface area contributed by atoms with Crippen molar-refractivity contribution in [2.75, 3.05) is 13.1 Å². The van der Waals surface area contributed by atoms with E-state index in [9.17, 15) is 4.79 Å². The maximum absolute atomic E-state index is 11.9. The molecule has 17 heavy (non-hydrogen) atoms. The Labute approximate surface area is 104 Å². The van der Waals surface area contributed by atoms with Crippen molar-refractivity contribution in [2.24, 2.45) is 5.73 Å². The summed E-state index contributed by atoms with van der Waals surface area (Å²) in [6.07, 6.45) is 8.54. The molecule has 1 fully saturated rings. The van der Waals surface area contributed by atoms with Crippen LogP contribution < -0.4 is 11.1 Å². The molecule has 4 nitrogen and oxygen atoms in total. The van der Waals surface area contributed by atoms with Gasteiger partial charge in [-0.2, -0.15) is 0 Å². The topological polar surface area (TPSA) is 58.4 Å². The number of rotatable bonds is 4. The maximum Gasteiger partial charge on any atom is 0.237 e. The van der Waals surface area contributed by atoms with Gasteiger partial charge in [-0.05, 0) is 33.2 Å². The van der Waals surface area contributed by atoms with E-state index in [1.54, 1.807) is 0 Å². The van der Waals surface area contributed by atoms with E-state index >= 15 is 0 Å². The molecule has 1 rings (SSSR count). The minimum atomic E-state index is -0.153. The third-order valence-electron chi connectivity index (χ3n) is 3.44. The average Bonchev–Trinajstić information content (AvgIpc) is 2.34. The van der Waals surface area contributed by atoms with Crippen LogP contribution in [0, 0.1) is 12.3 Å². The van der Waals surface area contributed by atoms with Crippen LogP contribution >= 0.6 is 0 Å². The largest absolute Gasteiger partial charge is 0.344 e. The predicted octanol–water partition coefficient (Wildman–Crippen LogP) is 0.326. The third kappa shape index (κ3) is 3.72. The van der Waals surface area contributed by atoms with Gasteiger partial charge in [0.2, 0.25) is 5.91 Å². The van der Waals surface area contributed by atoms with Crippen LogP contribution in [0.15, 0.2) is 0 Å². The van der Waals surface area contributed by atoms with Crippen molar-refractivity contribution in [2.45, 2.75) is 51.2 Å². The summed E-state index contributed by atoms with van der Waals surface area (Å²) in [6, 6.07) is 0.244. The smallest absolute Gasteiger partial charge is 0.237 e. The van der Waals surface area contributed by atoms with Gasteiger partial charge >= 0.3 is 0 Å². The molecule has 3 atom stereocenters. The summed E-state index contributed by atoms with van der Waals surface area (Å²) in [7, 11) is 0. The van der Waals surface area contributed by atoms with Gasteiger partial charge in [0.1, 0.15) is 0 Å². The second kappa shape index (κ2) is 6.63. The Morgan fingerprint density at radius 2 is 2.29 bits per heavy atom. The van der Waals surface area contributed by atoms with Crippen LogP contribution in [0.3, 0.4) is 0 Å². The zero-order valence-corrected chi connectivity index (χ0v) is 10.8. The van der Waals surface area contributed by atoms with E-state index in [4.69, 9.17) is 12.2 Å². The molecule has 1 aliphatic heterocycles. The van der Waals surface area contributed by atoms with Crippen molar-refractivity contribution in [3.8, 4) is 12.3 Å². The first kappa shape index (κ1) is 14.0. The van der Waals surface area contributed by atoms with Crippen LogP contribution in [0.25, 0.3) is 0 Å². The molecule has 1 saturated heterocycles. The lowest BCUT2D eigenvalue weighted by Gasteiger charge is -2.41. The molecule has 0 aromatic rings. The molecule has 0 aromatic heterocycles. The molecular weight excluding hydrogens is 214 g/mol. The van der Waals surface area contributed by atoms with Gasteiger partial charge in [-0.3, -0.25) is 9.69 Å². The van der Waals surface area contributed by atoms with Gasteiger partial charge in [-0.1, -0.05) is 12.3 Å². The van der Waals surface area contributed by atoms with Crippen LogP contribution in [0.2, 0.25) is 0 Å². The summed E-state index contributed by atoms with van der Waals surface area (Å²) in [5.41, 5.74) is 5.99. The van der Waals surface area contributed by atoms with Crippen LogP contribution in [-0.4, -0.2) is 42.0 Å². The van der Waals surface area contributed by atoms with Crippen molar-refractivity contribution in [1.29, 1.82) is 0 Å². The lowest BCUT2D eigenvalue weighted by atomic mass is 9.95. The molecule has 3 unspecified atom stereocenters. The van der Waals surface area contributed by atoms with Crippen molar-refractivity contribution in [1.82, 2.24) is 10.2 Å². The number of piperidine rings is 1. The first-order valence-corrected chi connectivity index (χ1v) is 6.30. The van der Waals surface area contributed by atoms with E-state index in [0.717, 1.165) is 19.4 Å². The van der Waals surface area contributed by atoms with Crippen LogP contribution in [0.5, 0.6) is 0 Å². The minimum Gasteiger partial charge on any atom is -0.344 e. The average molecular weight is 237 g/mol. The Kier molecular flexibility index (Phi) is 5.46. The highest BCUT2D eigenvalue weighted by molar-refractivity contribution is 5.81. The van der Waals surface area contributed by atoms with E-state index in [-0.39, 0.29) is 18.0 Å². The number of carbonyl (C=O) groups excluding carboxylic acids is 1. The first-order valence-electron chi connectivity index (χ1n) is 6.30. The van der Waals surface area contributed by atoms with Crippen molar-refractivity contribution < 1.29 is 4.79 Å². The highest BCUT2D eigenvalue weighted by atomic mass is 16.2. The van der Waals surface area contributed by atoms with Crippen molar-refractivity contribution >= 4 is 5.91 Å². The van der Waals surface area contributed by atoms with Gasteiger partial charge < -0.3 is 11.1 Å². The molecule has 0 saturated carbocycles. The highest BCUT2D eigenvalue weighted by Crippen LogP contribution is 2.21. The number of likely N-dealkylation sites (tertiary alicyclic amines) is 1. The number of carbonyl (C=O) groups is 1. The monoisotopic (exact) mass is 237 g/mol. The summed E-state index contributed by atoms with van der Waals surface area (Å²) in [6.45, 7) is 5.16. The highest BCUT2D eigenvalue weighted by Gasteiger charge is 2.31. The predicted molar refractivity (Wildman–Crippen MR) is 69.3 cm³/mol. The summed E-state index contributed by atoms with van der Waals surface area (Å²) in [5.74, 6) is 2.41. The van der Waals surface area contributed by atoms with E-state index in [2.05, 4.69) is 16.1 Å². The lowest BCUT2D eigenvalue weighted by molar-refractivity contribution is -0.127. The van der Waals surface area contributed by atoms with Gasteiger partial charge in [0, 0.05) is 12.1 Å². The second-order valence-corrected chi connectivity index (χ2v) is 4.76. The fraction of sp³-hybridized carbons (Fsp3) is 0.769. The molecule has 3 N–H and O–H groups in total. The molecule has 1 heterocycles. The van der Waals surface area contributed by atoms with Crippen LogP contribution in [-0.2, 0) is 4.79 Å². The number of amides is 1. The zero-order chi connectivity index (χ0) is 12.8. The normalized spacial score (nSPS) is 24.7. The van der Waals surface area contributed by atoms with Gasteiger partial charge in [0.05, 0.1) is 12.6 Å². The van der Waals surface area contributed by atoms with E-state index < -0.39 is 0 Å². The zero-order valence-electron chi connectivity index (χ0n) is 10.8. The first-order chi connectivity index (χ1) is 8.07. The molecule has 0 spiro atoms.